The highest BCUT2D eigenvalue weighted by atomic mass is 35.5. The number of rotatable bonds is 1. The Balaban J connectivity index is 2.12. The molecule has 1 fully saturated rings. The molecule has 5 heteroatoms. The van der Waals surface area contributed by atoms with Crippen LogP contribution in [0.25, 0.3) is 0 Å². The van der Waals surface area contributed by atoms with Crippen LogP contribution in [0.15, 0.2) is 6.07 Å². The second-order valence-electron chi connectivity index (χ2n) is 3.74. The lowest BCUT2D eigenvalue weighted by atomic mass is 10.2. The Labute approximate surface area is 104 Å². The molecule has 0 spiro atoms. The Morgan fingerprint density at radius 2 is 2.33 bits per heavy atom. The first-order valence-electron chi connectivity index (χ1n) is 4.96. The maximum absolute atomic E-state index is 6.09. The highest BCUT2D eigenvalue weighted by molar-refractivity contribution is 7.20. The number of nitrogens with one attached hydrogen (secondary N) is 1. The molecule has 0 saturated carbocycles. The molecule has 1 aliphatic heterocycles. The van der Waals surface area contributed by atoms with Gasteiger partial charge < -0.3 is 10.1 Å². The molecular formula is C10H13Cl2NOS. The lowest BCUT2D eigenvalue weighted by Gasteiger charge is -2.14. The second kappa shape index (κ2) is 5.02. The van der Waals surface area contributed by atoms with Crippen molar-refractivity contribution in [1.29, 1.82) is 0 Å². The number of halogens is 2. The van der Waals surface area contributed by atoms with Crippen molar-refractivity contribution in [3.8, 4) is 0 Å². The molecule has 0 bridgehead atoms. The van der Waals surface area contributed by atoms with E-state index in [1.807, 2.05) is 6.07 Å². The van der Waals surface area contributed by atoms with Crippen molar-refractivity contribution >= 4 is 34.5 Å². The van der Waals surface area contributed by atoms with Crippen molar-refractivity contribution in [3.63, 3.8) is 0 Å². The fourth-order valence-corrected chi connectivity index (χ4v) is 3.19. The van der Waals surface area contributed by atoms with Crippen LogP contribution in [0.4, 0.5) is 0 Å². The zero-order chi connectivity index (χ0) is 10.8. The molecule has 0 amide bonds. The van der Waals surface area contributed by atoms with Gasteiger partial charge in [-0.1, -0.05) is 23.2 Å². The Morgan fingerprint density at radius 1 is 1.53 bits per heavy atom. The molecule has 1 aromatic heterocycles. The van der Waals surface area contributed by atoms with Gasteiger partial charge >= 0.3 is 0 Å². The molecule has 15 heavy (non-hydrogen) atoms. The summed E-state index contributed by atoms with van der Waals surface area (Å²) in [4.78, 5) is 0. The van der Waals surface area contributed by atoms with Crippen LogP contribution in [0.1, 0.15) is 25.0 Å². The largest absolute Gasteiger partial charge is 0.372 e. The van der Waals surface area contributed by atoms with Crippen molar-refractivity contribution in [3.05, 3.63) is 20.3 Å². The minimum absolute atomic E-state index is 0.0335. The number of thiophene rings is 1. The molecular weight excluding hydrogens is 253 g/mol. The summed E-state index contributed by atoms with van der Waals surface area (Å²) in [5.41, 5.74) is 1.01. The third-order valence-electron chi connectivity index (χ3n) is 2.55. The van der Waals surface area contributed by atoms with Crippen molar-refractivity contribution < 1.29 is 4.74 Å². The molecule has 2 heterocycles. The molecule has 2 rings (SSSR count). The molecule has 0 radical (unpaired) electrons. The Kier molecular flexibility index (Phi) is 3.91. The monoisotopic (exact) mass is 265 g/mol. The lowest BCUT2D eigenvalue weighted by molar-refractivity contribution is 0.0668. The first kappa shape index (κ1) is 11.7. The average Bonchev–Trinajstić information content (AvgIpc) is 2.39. The molecule has 2 unspecified atom stereocenters. The van der Waals surface area contributed by atoms with Gasteiger partial charge in [-0.05, 0) is 19.4 Å². The van der Waals surface area contributed by atoms with Gasteiger partial charge in [0.1, 0.15) is 4.34 Å². The van der Waals surface area contributed by atoms with Crippen LogP contribution in [0.3, 0.4) is 0 Å². The summed E-state index contributed by atoms with van der Waals surface area (Å²) in [6.45, 7) is 3.73. The van der Waals surface area contributed by atoms with Gasteiger partial charge in [0.15, 0.2) is 0 Å². The Hall–Kier alpha value is 0.200. The Morgan fingerprint density at radius 3 is 3.00 bits per heavy atom. The second-order valence-corrected chi connectivity index (χ2v) is 6.02. The van der Waals surface area contributed by atoms with Gasteiger partial charge in [0, 0.05) is 24.8 Å². The van der Waals surface area contributed by atoms with Crippen LogP contribution in [-0.4, -0.2) is 19.2 Å². The van der Waals surface area contributed by atoms with Gasteiger partial charge in [-0.2, -0.15) is 0 Å². The smallest absolute Gasteiger partial charge is 0.100 e. The minimum Gasteiger partial charge on any atom is -0.372 e. The first-order valence-corrected chi connectivity index (χ1v) is 6.54. The fourth-order valence-electron chi connectivity index (χ4n) is 1.63. The number of ether oxygens (including phenoxy) is 1. The molecule has 0 aliphatic carbocycles. The fraction of sp³-hybridized carbons (Fsp3) is 0.600. The van der Waals surface area contributed by atoms with E-state index in [0.29, 0.717) is 6.04 Å². The van der Waals surface area contributed by atoms with E-state index in [-0.39, 0.29) is 6.10 Å². The maximum atomic E-state index is 6.09. The maximum Gasteiger partial charge on any atom is 0.100 e. The Bertz CT molecular complexity index is 342. The van der Waals surface area contributed by atoms with Gasteiger partial charge in [0.25, 0.3) is 0 Å². The minimum atomic E-state index is 0.0335. The normalized spacial score (nSPS) is 27.7. The molecule has 1 N–H and O–H groups in total. The van der Waals surface area contributed by atoms with Crippen LogP contribution >= 0.6 is 34.5 Å². The highest BCUT2D eigenvalue weighted by Crippen LogP contribution is 2.36. The van der Waals surface area contributed by atoms with Crippen molar-refractivity contribution in [2.45, 2.75) is 25.5 Å². The van der Waals surface area contributed by atoms with Gasteiger partial charge in [0.2, 0.25) is 0 Å². The average molecular weight is 266 g/mol. The predicted octanol–water partition coefficient (Wildman–Crippen LogP) is 3.49. The standard InChI is InChI=1S/C10H13Cl2NOS/c1-6-2-3-14-8(5-13-6)7-4-9(11)15-10(7)12/h4,6,8,13H,2-3,5H2,1H3. The molecule has 2 nitrogen and oxygen atoms in total. The summed E-state index contributed by atoms with van der Waals surface area (Å²) in [6, 6.07) is 2.40. The summed E-state index contributed by atoms with van der Waals surface area (Å²) in [7, 11) is 0. The van der Waals surface area contributed by atoms with Crippen LogP contribution in [0.2, 0.25) is 8.67 Å². The summed E-state index contributed by atoms with van der Waals surface area (Å²) in [6.07, 6.45) is 1.07. The molecule has 2 atom stereocenters. The van der Waals surface area contributed by atoms with Gasteiger partial charge in [-0.25, -0.2) is 0 Å². The third-order valence-corrected chi connectivity index (χ3v) is 4.07. The predicted molar refractivity (Wildman–Crippen MR) is 65.1 cm³/mol. The summed E-state index contributed by atoms with van der Waals surface area (Å²) >= 11 is 13.4. The molecule has 84 valence electrons. The van der Waals surface area contributed by atoms with E-state index < -0.39 is 0 Å². The van der Waals surface area contributed by atoms with E-state index in [1.54, 1.807) is 0 Å². The van der Waals surface area contributed by atoms with E-state index in [4.69, 9.17) is 27.9 Å². The van der Waals surface area contributed by atoms with Gasteiger partial charge in [-0.15, -0.1) is 11.3 Å². The van der Waals surface area contributed by atoms with E-state index in [2.05, 4.69) is 12.2 Å². The topological polar surface area (TPSA) is 21.3 Å². The van der Waals surface area contributed by atoms with Gasteiger partial charge in [-0.3, -0.25) is 0 Å². The SMILES string of the molecule is CC1CCOC(c2cc(Cl)sc2Cl)CN1. The third kappa shape index (κ3) is 2.86. The summed E-state index contributed by atoms with van der Waals surface area (Å²) in [5.74, 6) is 0. The molecule has 0 aromatic carbocycles. The highest BCUT2D eigenvalue weighted by Gasteiger charge is 2.21. The summed E-state index contributed by atoms with van der Waals surface area (Å²) < 4.78 is 7.21. The first-order chi connectivity index (χ1) is 7.16. The van der Waals surface area contributed by atoms with Gasteiger partial charge in [0.05, 0.1) is 10.4 Å². The van der Waals surface area contributed by atoms with Crippen molar-refractivity contribution in [1.82, 2.24) is 5.32 Å². The number of hydrogen-bond donors (Lipinski definition) is 1. The van der Waals surface area contributed by atoms with Crippen molar-refractivity contribution in [2.75, 3.05) is 13.2 Å². The van der Waals surface area contributed by atoms with Crippen LogP contribution in [0, 0.1) is 0 Å². The van der Waals surface area contributed by atoms with E-state index in [1.165, 1.54) is 11.3 Å². The number of hydrogen-bond acceptors (Lipinski definition) is 3. The van der Waals surface area contributed by atoms with Crippen LogP contribution < -0.4 is 5.32 Å². The van der Waals surface area contributed by atoms with Crippen LogP contribution in [-0.2, 0) is 4.74 Å². The molecule has 1 aromatic rings. The summed E-state index contributed by atoms with van der Waals surface area (Å²) in [5, 5.41) is 3.41. The molecule has 1 aliphatic rings. The molecule has 1 saturated heterocycles. The van der Waals surface area contributed by atoms with E-state index in [9.17, 15) is 0 Å². The quantitative estimate of drug-likeness (QED) is 0.840. The zero-order valence-electron chi connectivity index (χ0n) is 8.43. The van der Waals surface area contributed by atoms with Crippen molar-refractivity contribution in [2.24, 2.45) is 0 Å². The zero-order valence-corrected chi connectivity index (χ0v) is 10.8. The van der Waals surface area contributed by atoms with E-state index >= 15 is 0 Å². The van der Waals surface area contributed by atoms with Crippen LogP contribution in [0.5, 0.6) is 0 Å². The lowest BCUT2D eigenvalue weighted by Crippen LogP contribution is -2.27. The van der Waals surface area contributed by atoms with E-state index in [0.717, 1.165) is 33.8 Å².